The second-order valence-corrected chi connectivity index (χ2v) is 5.66. The summed E-state index contributed by atoms with van der Waals surface area (Å²) in [7, 11) is 0. The maximum atomic E-state index is 11.5. The van der Waals surface area contributed by atoms with E-state index in [1.165, 1.54) is 11.3 Å². The molecule has 2 aromatic rings. The molecule has 0 saturated heterocycles. The molecule has 1 aromatic carbocycles. The van der Waals surface area contributed by atoms with Crippen LogP contribution in [0.15, 0.2) is 28.1 Å². The van der Waals surface area contributed by atoms with E-state index < -0.39 is 5.97 Å². The van der Waals surface area contributed by atoms with Crippen LogP contribution in [-0.4, -0.2) is 17.6 Å². The van der Waals surface area contributed by atoms with E-state index in [0.29, 0.717) is 22.5 Å². The van der Waals surface area contributed by atoms with Gasteiger partial charge < -0.3 is 10.1 Å². The van der Waals surface area contributed by atoms with Gasteiger partial charge in [0.1, 0.15) is 0 Å². The van der Waals surface area contributed by atoms with Crippen molar-refractivity contribution in [3.8, 4) is 0 Å². The lowest BCUT2D eigenvalue weighted by molar-refractivity contribution is 0.0520. The van der Waals surface area contributed by atoms with Gasteiger partial charge in [0.05, 0.1) is 12.3 Å². The first-order chi connectivity index (χ1) is 9.10. The number of esters is 1. The zero-order chi connectivity index (χ0) is 13.8. The summed E-state index contributed by atoms with van der Waals surface area (Å²) >= 11 is 10.6. The molecule has 4 nitrogen and oxygen atoms in total. The minimum Gasteiger partial charge on any atom is -0.461 e. The maximum Gasteiger partial charge on any atom is 0.357 e. The molecule has 0 unspecified atom stereocenters. The fourth-order valence-corrected chi connectivity index (χ4v) is 2.81. The quantitative estimate of drug-likeness (QED) is 0.816. The summed E-state index contributed by atoms with van der Waals surface area (Å²) in [5.41, 5.74) is 1.13. The highest BCUT2D eigenvalue weighted by molar-refractivity contribution is 9.10. The number of hydrogen-bond donors (Lipinski definition) is 1. The minimum atomic E-state index is -0.415. The van der Waals surface area contributed by atoms with E-state index in [1.807, 2.05) is 6.07 Å². The second-order valence-electron chi connectivity index (χ2n) is 3.51. The molecular weight excluding hydrogens is 352 g/mol. The number of carbonyl (C=O) groups is 1. The number of ether oxygens (including phenoxy) is 1. The molecule has 7 heteroatoms. The highest BCUT2D eigenvalue weighted by Gasteiger charge is 2.12. The Morgan fingerprint density at radius 3 is 3.05 bits per heavy atom. The standard InChI is InChI=1S/C12H10BrClN2O2S/c1-2-18-11(17)10-6-19-12(16-10)15-9-4-3-7(14)5-8(9)13/h3-6H,2H2,1H3,(H,15,16). The van der Waals surface area contributed by atoms with E-state index in [-0.39, 0.29) is 0 Å². The number of halogens is 2. The summed E-state index contributed by atoms with van der Waals surface area (Å²) < 4.78 is 5.71. The number of nitrogens with zero attached hydrogens (tertiary/aromatic N) is 1. The van der Waals surface area contributed by atoms with Crippen LogP contribution in [0.4, 0.5) is 10.8 Å². The van der Waals surface area contributed by atoms with Crippen LogP contribution in [0.5, 0.6) is 0 Å². The van der Waals surface area contributed by atoms with Gasteiger partial charge in [0, 0.05) is 14.9 Å². The molecule has 0 aliphatic heterocycles. The first kappa shape index (κ1) is 14.3. The molecule has 0 atom stereocenters. The third-order valence-electron chi connectivity index (χ3n) is 2.16. The molecule has 1 N–H and O–H groups in total. The third kappa shape index (κ3) is 3.68. The van der Waals surface area contributed by atoms with Gasteiger partial charge in [-0.15, -0.1) is 11.3 Å². The summed E-state index contributed by atoms with van der Waals surface area (Å²) in [4.78, 5) is 15.7. The van der Waals surface area contributed by atoms with Crippen LogP contribution in [0.25, 0.3) is 0 Å². The highest BCUT2D eigenvalue weighted by atomic mass is 79.9. The first-order valence-corrected chi connectivity index (χ1v) is 7.50. The smallest absolute Gasteiger partial charge is 0.357 e. The van der Waals surface area contributed by atoms with Crippen molar-refractivity contribution in [1.29, 1.82) is 0 Å². The minimum absolute atomic E-state index is 0.305. The van der Waals surface area contributed by atoms with E-state index >= 15 is 0 Å². The SMILES string of the molecule is CCOC(=O)c1csc(Nc2ccc(Cl)cc2Br)n1. The summed E-state index contributed by atoms with van der Waals surface area (Å²) in [5.74, 6) is -0.415. The molecule has 0 aliphatic carbocycles. The predicted octanol–water partition coefficient (Wildman–Crippen LogP) is 4.48. The number of anilines is 2. The second kappa shape index (κ2) is 6.36. The molecule has 0 spiro atoms. The van der Waals surface area contributed by atoms with Crippen LogP contribution in [0, 0.1) is 0 Å². The largest absolute Gasteiger partial charge is 0.461 e. The fraction of sp³-hybridized carbons (Fsp3) is 0.167. The number of aromatic nitrogens is 1. The lowest BCUT2D eigenvalue weighted by Gasteiger charge is -2.05. The van der Waals surface area contributed by atoms with Crippen molar-refractivity contribution in [2.45, 2.75) is 6.92 Å². The van der Waals surface area contributed by atoms with Crippen LogP contribution in [0.1, 0.15) is 17.4 Å². The molecular formula is C12H10BrClN2O2S. The lowest BCUT2D eigenvalue weighted by atomic mass is 10.3. The summed E-state index contributed by atoms with van der Waals surface area (Å²) in [6.45, 7) is 2.09. The predicted molar refractivity (Wildman–Crippen MR) is 80.5 cm³/mol. The van der Waals surface area contributed by atoms with Crippen LogP contribution in [0.2, 0.25) is 5.02 Å². The molecule has 0 saturated carbocycles. The van der Waals surface area contributed by atoms with E-state index in [9.17, 15) is 4.79 Å². The van der Waals surface area contributed by atoms with E-state index in [0.717, 1.165) is 10.2 Å². The topological polar surface area (TPSA) is 51.2 Å². The number of thiazole rings is 1. The zero-order valence-corrected chi connectivity index (χ0v) is 13.1. The first-order valence-electron chi connectivity index (χ1n) is 5.45. The number of carbonyl (C=O) groups excluding carboxylic acids is 1. The normalized spacial score (nSPS) is 10.3. The van der Waals surface area contributed by atoms with Gasteiger partial charge in [-0.1, -0.05) is 11.6 Å². The molecule has 100 valence electrons. The van der Waals surface area contributed by atoms with Crippen LogP contribution in [-0.2, 0) is 4.74 Å². The van der Waals surface area contributed by atoms with Crippen LogP contribution in [0.3, 0.4) is 0 Å². The molecule has 0 bridgehead atoms. The van der Waals surface area contributed by atoms with Gasteiger partial charge in [0.15, 0.2) is 10.8 Å². The molecule has 2 rings (SSSR count). The lowest BCUT2D eigenvalue weighted by Crippen LogP contribution is -2.05. The summed E-state index contributed by atoms with van der Waals surface area (Å²) in [6.07, 6.45) is 0. The zero-order valence-electron chi connectivity index (χ0n) is 9.94. The van der Waals surface area contributed by atoms with Crippen molar-refractivity contribution in [3.05, 3.63) is 38.8 Å². The molecule has 19 heavy (non-hydrogen) atoms. The van der Waals surface area contributed by atoms with Gasteiger partial charge in [-0.25, -0.2) is 9.78 Å². The number of benzene rings is 1. The van der Waals surface area contributed by atoms with Crippen molar-refractivity contribution in [3.63, 3.8) is 0 Å². The van der Waals surface area contributed by atoms with Crippen LogP contribution >= 0.6 is 38.9 Å². The Kier molecular flexibility index (Phi) is 4.79. The Hall–Kier alpha value is -1.11. The average molecular weight is 362 g/mol. The highest BCUT2D eigenvalue weighted by Crippen LogP contribution is 2.29. The van der Waals surface area contributed by atoms with Crippen molar-refractivity contribution in [2.75, 3.05) is 11.9 Å². The van der Waals surface area contributed by atoms with E-state index in [4.69, 9.17) is 16.3 Å². The third-order valence-corrected chi connectivity index (χ3v) is 3.81. The number of nitrogens with one attached hydrogen (secondary N) is 1. The van der Waals surface area contributed by atoms with Gasteiger partial charge in [-0.2, -0.15) is 0 Å². The summed E-state index contributed by atoms with van der Waals surface area (Å²) in [6, 6.07) is 5.39. The number of hydrogen-bond acceptors (Lipinski definition) is 5. The van der Waals surface area contributed by atoms with Crippen molar-refractivity contribution in [2.24, 2.45) is 0 Å². The molecule has 0 fully saturated rings. The van der Waals surface area contributed by atoms with Gasteiger partial charge >= 0.3 is 5.97 Å². The Morgan fingerprint density at radius 2 is 2.37 bits per heavy atom. The van der Waals surface area contributed by atoms with E-state index in [1.54, 1.807) is 24.4 Å². The Balaban J connectivity index is 2.13. The Morgan fingerprint density at radius 1 is 1.58 bits per heavy atom. The van der Waals surface area contributed by atoms with Gasteiger partial charge in [-0.05, 0) is 41.1 Å². The average Bonchev–Trinajstić information content (AvgIpc) is 2.82. The van der Waals surface area contributed by atoms with Crippen molar-refractivity contribution >= 4 is 55.7 Å². The fourth-order valence-electron chi connectivity index (χ4n) is 1.34. The molecule has 1 aromatic heterocycles. The Bertz CT molecular complexity index is 603. The van der Waals surface area contributed by atoms with E-state index in [2.05, 4.69) is 26.2 Å². The monoisotopic (exact) mass is 360 g/mol. The maximum absolute atomic E-state index is 11.5. The molecule has 1 heterocycles. The Labute approximate surface area is 127 Å². The van der Waals surface area contributed by atoms with Gasteiger partial charge in [-0.3, -0.25) is 0 Å². The molecule has 0 radical (unpaired) electrons. The van der Waals surface area contributed by atoms with Gasteiger partial charge in [0.2, 0.25) is 0 Å². The van der Waals surface area contributed by atoms with Crippen molar-refractivity contribution < 1.29 is 9.53 Å². The van der Waals surface area contributed by atoms with Crippen molar-refractivity contribution in [1.82, 2.24) is 4.98 Å². The molecule has 0 aliphatic rings. The number of rotatable bonds is 4. The van der Waals surface area contributed by atoms with Crippen LogP contribution < -0.4 is 5.32 Å². The van der Waals surface area contributed by atoms with Gasteiger partial charge in [0.25, 0.3) is 0 Å². The molecule has 0 amide bonds. The summed E-state index contributed by atoms with van der Waals surface area (Å²) in [5, 5.41) is 6.03.